The number of aliphatic hydroxyl groups excluding tert-OH is 1. The second-order valence-corrected chi connectivity index (χ2v) is 5.13. The third-order valence-electron chi connectivity index (χ3n) is 3.61. The Labute approximate surface area is 110 Å². The summed E-state index contributed by atoms with van der Waals surface area (Å²) < 4.78 is 0. The van der Waals surface area contributed by atoms with Crippen molar-refractivity contribution in [1.29, 1.82) is 0 Å². The lowest BCUT2D eigenvalue weighted by Crippen LogP contribution is -2.40. The molecule has 0 saturated carbocycles. The number of hydrogen-bond acceptors (Lipinski definition) is 2. The molecule has 2 rings (SSSR count). The van der Waals surface area contributed by atoms with Gasteiger partial charge in [-0.3, -0.25) is 0 Å². The largest absolute Gasteiger partial charge is 0.387 e. The summed E-state index contributed by atoms with van der Waals surface area (Å²) in [6.07, 6.45) is 17.8. The molecule has 0 aromatic carbocycles. The van der Waals surface area contributed by atoms with E-state index >= 15 is 0 Å². The minimum absolute atomic E-state index is 0.0957. The average molecular weight is 245 g/mol. The molecule has 2 nitrogen and oxygen atoms in total. The van der Waals surface area contributed by atoms with Crippen LogP contribution >= 0.6 is 0 Å². The summed E-state index contributed by atoms with van der Waals surface area (Å²) in [7, 11) is 0. The number of allylic oxidation sites excluding steroid dienone is 5. The highest BCUT2D eigenvalue weighted by Gasteiger charge is 2.18. The van der Waals surface area contributed by atoms with E-state index in [1.807, 2.05) is 0 Å². The summed E-state index contributed by atoms with van der Waals surface area (Å²) in [6.45, 7) is 2.98. The molecule has 0 aliphatic heterocycles. The predicted octanol–water partition coefficient (Wildman–Crippen LogP) is 2.73. The minimum atomic E-state index is -0.398. The zero-order valence-corrected chi connectivity index (χ0v) is 11.0. The first-order valence-electron chi connectivity index (χ1n) is 6.89. The summed E-state index contributed by atoms with van der Waals surface area (Å²) in [4.78, 5) is 0. The highest BCUT2D eigenvalue weighted by atomic mass is 16.3. The van der Waals surface area contributed by atoms with Crippen molar-refractivity contribution in [3.05, 3.63) is 48.1 Å². The molecule has 0 radical (unpaired) electrons. The lowest BCUT2D eigenvalue weighted by Gasteiger charge is -2.24. The van der Waals surface area contributed by atoms with E-state index in [2.05, 4.69) is 54.8 Å². The van der Waals surface area contributed by atoms with Crippen molar-refractivity contribution in [1.82, 2.24) is 5.32 Å². The Morgan fingerprint density at radius 3 is 2.89 bits per heavy atom. The lowest BCUT2D eigenvalue weighted by atomic mass is 9.96. The Hall–Kier alpha value is -1.12. The lowest BCUT2D eigenvalue weighted by molar-refractivity contribution is 0.169. The van der Waals surface area contributed by atoms with Crippen LogP contribution in [-0.2, 0) is 0 Å². The molecule has 2 heteroatoms. The first-order chi connectivity index (χ1) is 8.77. The van der Waals surface area contributed by atoms with Gasteiger partial charge in [0.15, 0.2) is 0 Å². The molecule has 0 bridgehead atoms. The molecule has 0 amide bonds. The highest BCUT2D eigenvalue weighted by Crippen LogP contribution is 2.16. The van der Waals surface area contributed by atoms with Gasteiger partial charge in [0, 0.05) is 12.6 Å². The molecule has 18 heavy (non-hydrogen) atoms. The van der Waals surface area contributed by atoms with Crippen molar-refractivity contribution in [2.24, 2.45) is 5.92 Å². The molecular formula is C16H23NO. The van der Waals surface area contributed by atoms with Crippen LogP contribution in [0.1, 0.15) is 26.2 Å². The van der Waals surface area contributed by atoms with Gasteiger partial charge in [0.25, 0.3) is 0 Å². The molecule has 2 N–H and O–H groups in total. The zero-order chi connectivity index (χ0) is 12.8. The molecule has 0 heterocycles. The van der Waals surface area contributed by atoms with Crippen LogP contribution in [0.5, 0.6) is 0 Å². The Kier molecular flexibility index (Phi) is 4.97. The summed E-state index contributed by atoms with van der Waals surface area (Å²) in [5, 5.41) is 13.7. The van der Waals surface area contributed by atoms with Gasteiger partial charge >= 0.3 is 0 Å². The van der Waals surface area contributed by atoms with Crippen molar-refractivity contribution in [3.8, 4) is 0 Å². The van der Waals surface area contributed by atoms with Crippen LogP contribution in [0, 0.1) is 5.92 Å². The van der Waals surface area contributed by atoms with Gasteiger partial charge in [-0.15, -0.1) is 0 Å². The SMILES string of the molecule is CC(NCC1C=CC=CC1)[C@H](O)C1=CCCC=C1. The van der Waals surface area contributed by atoms with Crippen molar-refractivity contribution in [3.63, 3.8) is 0 Å². The van der Waals surface area contributed by atoms with Crippen LogP contribution in [0.4, 0.5) is 0 Å². The van der Waals surface area contributed by atoms with E-state index in [1.165, 1.54) is 0 Å². The highest BCUT2D eigenvalue weighted by molar-refractivity contribution is 5.27. The quantitative estimate of drug-likeness (QED) is 0.780. The third-order valence-corrected chi connectivity index (χ3v) is 3.61. The van der Waals surface area contributed by atoms with Crippen LogP contribution < -0.4 is 5.32 Å². The number of aliphatic hydroxyl groups is 1. The molecule has 2 unspecified atom stereocenters. The van der Waals surface area contributed by atoms with E-state index in [9.17, 15) is 5.11 Å². The van der Waals surface area contributed by atoms with Crippen LogP contribution in [0.3, 0.4) is 0 Å². The summed E-state index contributed by atoms with van der Waals surface area (Å²) in [5.41, 5.74) is 1.06. The van der Waals surface area contributed by atoms with Gasteiger partial charge in [-0.2, -0.15) is 0 Å². The van der Waals surface area contributed by atoms with Gasteiger partial charge in [0.1, 0.15) is 0 Å². The fourth-order valence-electron chi connectivity index (χ4n) is 2.37. The van der Waals surface area contributed by atoms with Crippen LogP contribution in [-0.4, -0.2) is 23.8 Å². The standard InChI is InChI=1S/C16H23NO/c1-13(16(18)15-10-6-3-7-11-15)17-12-14-8-4-2-5-9-14/h2,4-6,8,10-11,13-14,16-18H,3,7,9,12H2,1H3/t13?,14?,16-/m0/s1. The molecular weight excluding hydrogens is 222 g/mol. The minimum Gasteiger partial charge on any atom is -0.387 e. The van der Waals surface area contributed by atoms with Gasteiger partial charge in [0.05, 0.1) is 6.10 Å². The molecule has 98 valence electrons. The van der Waals surface area contributed by atoms with Crippen LogP contribution in [0.25, 0.3) is 0 Å². The smallest absolute Gasteiger partial charge is 0.0937 e. The van der Waals surface area contributed by atoms with E-state index in [0.29, 0.717) is 5.92 Å². The maximum atomic E-state index is 10.3. The Balaban J connectivity index is 1.78. The number of hydrogen-bond donors (Lipinski definition) is 2. The monoisotopic (exact) mass is 245 g/mol. The molecule has 3 atom stereocenters. The number of nitrogens with one attached hydrogen (secondary N) is 1. The van der Waals surface area contributed by atoms with Crippen molar-refractivity contribution in [2.45, 2.75) is 38.3 Å². The van der Waals surface area contributed by atoms with Crippen molar-refractivity contribution >= 4 is 0 Å². The van der Waals surface area contributed by atoms with Gasteiger partial charge in [-0.1, -0.05) is 42.5 Å². The molecule has 0 saturated heterocycles. The zero-order valence-electron chi connectivity index (χ0n) is 11.0. The van der Waals surface area contributed by atoms with Crippen molar-refractivity contribution in [2.75, 3.05) is 6.54 Å². The van der Waals surface area contributed by atoms with E-state index in [4.69, 9.17) is 0 Å². The van der Waals surface area contributed by atoms with E-state index in [1.54, 1.807) is 0 Å². The van der Waals surface area contributed by atoms with E-state index in [0.717, 1.165) is 31.4 Å². The van der Waals surface area contributed by atoms with Gasteiger partial charge in [-0.25, -0.2) is 0 Å². The molecule has 0 aromatic heterocycles. The van der Waals surface area contributed by atoms with Gasteiger partial charge < -0.3 is 10.4 Å². The normalized spacial score (nSPS) is 25.9. The Morgan fingerprint density at radius 1 is 1.33 bits per heavy atom. The topological polar surface area (TPSA) is 32.3 Å². The van der Waals surface area contributed by atoms with Gasteiger partial charge in [-0.05, 0) is 37.7 Å². The maximum Gasteiger partial charge on any atom is 0.0937 e. The van der Waals surface area contributed by atoms with Gasteiger partial charge in [0.2, 0.25) is 0 Å². The van der Waals surface area contributed by atoms with Crippen LogP contribution in [0.15, 0.2) is 48.1 Å². The van der Waals surface area contributed by atoms with Crippen LogP contribution in [0.2, 0.25) is 0 Å². The first-order valence-corrected chi connectivity index (χ1v) is 6.89. The Bertz CT molecular complexity index is 379. The predicted molar refractivity (Wildman–Crippen MR) is 76.3 cm³/mol. The molecule has 0 fully saturated rings. The molecule has 2 aliphatic rings. The first kappa shape index (κ1) is 13.3. The second kappa shape index (κ2) is 6.72. The third kappa shape index (κ3) is 3.69. The molecule has 0 spiro atoms. The maximum absolute atomic E-state index is 10.3. The Morgan fingerprint density at radius 2 is 2.22 bits per heavy atom. The van der Waals surface area contributed by atoms with Crippen molar-refractivity contribution < 1.29 is 5.11 Å². The average Bonchev–Trinajstić information content (AvgIpc) is 2.46. The summed E-state index contributed by atoms with van der Waals surface area (Å²) in [5.74, 6) is 0.556. The fourth-order valence-corrected chi connectivity index (χ4v) is 2.37. The van der Waals surface area contributed by atoms with E-state index < -0.39 is 6.10 Å². The number of rotatable bonds is 5. The molecule has 0 aromatic rings. The van der Waals surface area contributed by atoms with E-state index in [-0.39, 0.29) is 6.04 Å². The fraction of sp³-hybridized carbons (Fsp3) is 0.500. The molecule has 2 aliphatic carbocycles. The summed E-state index contributed by atoms with van der Waals surface area (Å²) in [6, 6.07) is 0.0957. The summed E-state index contributed by atoms with van der Waals surface area (Å²) >= 11 is 0. The second-order valence-electron chi connectivity index (χ2n) is 5.13.